The lowest BCUT2D eigenvalue weighted by Crippen LogP contribution is -2.25. The molecule has 0 aliphatic heterocycles. The van der Waals surface area contributed by atoms with E-state index in [-0.39, 0.29) is 5.82 Å². The molecule has 0 spiro atoms. The number of rotatable bonds is 2. The third-order valence-electron chi connectivity index (χ3n) is 1.85. The van der Waals surface area contributed by atoms with Crippen molar-refractivity contribution in [1.82, 2.24) is 0 Å². The monoisotopic (exact) mass is 247 g/mol. The van der Waals surface area contributed by atoms with E-state index in [1.165, 1.54) is 12.1 Å². The Kier molecular flexibility index (Phi) is 3.05. The normalized spacial score (nSPS) is 11.8. The fraction of sp³-hybridized carbons (Fsp3) is 0.333. The maximum atomic E-state index is 13.0. The van der Waals surface area contributed by atoms with Crippen LogP contribution in [-0.4, -0.2) is 0 Å². The Bertz CT molecular complexity index is 294. The summed E-state index contributed by atoms with van der Waals surface area (Å²) in [5, 5.41) is 0. The van der Waals surface area contributed by atoms with E-state index in [1.807, 2.05) is 0 Å². The maximum absolute atomic E-state index is 13.0. The maximum Gasteiger partial charge on any atom is 0.124 e. The standard InChI is InChI=1S/C9H11BrFNO/c1-9(2,13-12)6-3-7(10)5-8(11)4-6/h3-5H,12H2,1-2H3. The molecule has 13 heavy (non-hydrogen) atoms. The van der Waals surface area contributed by atoms with E-state index in [4.69, 9.17) is 10.7 Å². The van der Waals surface area contributed by atoms with Crippen LogP contribution < -0.4 is 5.90 Å². The Balaban J connectivity index is 3.15. The summed E-state index contributed by atoms with van der Waals surface area (Å²) in [6, 6.07) is 4.56. The minimum atomic E-state index is -0.676. The molecule has 1 rings (SSSR count). The second-order valence-corrected chi connectivity index (χ2v) is 4.20. The average Bonchev–Trinajstić information content (AvgIpc) is 2.02. The SMILES string of the molecule is CC(C)(ON)c1cc(F)cc(Br)c1. The largest absolute Gasteiger partial charge is 0.294 e. The van der Waals surface area contributed by atoms with Crippen LogP contribution in [0.1, 0.15) is 19.4 Å². The minimum absolute atomic E-state index is 0.311. The van der Waals surface area contributed by atoms with E-state index in [0.29, 0.717) is 10.0 Å². The van der Waals surface area contributed by atoms with E-state index < -0.39 is 5.60 Å². The summed E-state index contributed by atoms with van der Waals surface area (Å²) in [5.41, 5.74) is 0.0202. The van der Waals surface area contributed by atoms with Crippen LogP contribution in [-0.2, 0) is 10.4 Å². The van der Waals surface area contributed by atoms with Gasteiger partial charge in [-0.25, -0.2) is 10.3 Å². The first-order valence-electron chi connectivity index (χ1n) is 3.80. The zero-order chi connectivity index (χ0) is 10.1. The highest BCUT2D eigenvalue weighted by atomic mass is 79.9. The van der Waals surface area contributed by atoms with Gasteiger partial charge in [0.2, 0.25) is 0 Å². The third-order valence-corrected chi connectivity index (χ3v) is 2.31. The summed E-state index contributed by atoms with van der Waals surface area (Å²) in [6.07, 6.45) is 0. The zero-order valence-corrected chi connectivity index (χ0v) is 9.06. The summed E-state index contributed by atoms with van der Waals surface area (Å²) in [5.74, 6) is 4.79. The van der Waals surface area contributed by atoms with Crippen LogP contribution in [0.3, 0.4) is 0 Å². The Morgan fingerprint density at radius 3 is 2.46 bits per heavy atom. The number of nitrogens with two attached hydrogens (primary N) is 1. The molecule has 0 aromatic heterocycles. The van der Waals surface area contributed by atoms with E-state index in [9.17, 15) is 4.39 Å². The molecule has 1 aromatic carbocycles. The first-order chi connectivity index (χ1) is 5.95. The van der Waals surface area contributed by atoms with Gasteiger partial charge in [-0.1, -0.05) is 15.9 Å². The van der Waals surface area contributed by atoms with E-state index in [0.717, 1.165) is 0 Å². The Morgan fingerprint density at radius 2 is 2.00 bits per heavy atom. The van der Waals surface area contributed by atoms with Crippen molar-refractivity contribution < 1.29 is 9.23 Å². The van der Waals surface area contributed by atoms with Crippen LogP contribution in [0.5, 0.6) is 0 Å². The van der Waals surface area contributed by atoms with Crippen molar-refractivity contribution >= 4 is 15.9 Å². The van der Waals surface area contributed by atoms with E-state index in [2.05, 4.69) is 15.9 Å². The first-order valence-corrected chi connectivity index (χ1v) is 4.59. The molecule has 0 bridgehead atoms. The molecule has 2 N–H and O–H groups in total. The van der Waals surface area contributed by atoms with Gasteiger partial charge < -0.3 is 0 Å². The summed E-state index contributed by atoms with van der Waals surface area (Å²) in [4.78, 5) is 4.75. The molecule has 0 saturated heterocycles. The highest BCUT2D eigenvalue weighted by Crippen LogP contribution is 2.26. The predicted molar refractivity (Wildman–Crippen MR) is 52.4 cm³/mol. The molecule has 2 nitrogen and oxygen atoms in total. The summed E-state index contributed by atoms with van der Waals surface area (Å²) < 4.78 is 13.6. The number of halogens is 2. The molecular weight excluding hydrogens is 237 g/mol. The molecule has 0 radical (unpaired) electrons. The smallest absolute Gasteiger partial charge is 0.124 e. The summed E-state index contributed by atoms with van der Waals surface area (Å²) in [7, 11) is 0. The highest BCUT2D eigenvalue weighted by molar-refractivity contribution is 9.10. The molecule has 0 unspecified atom stereocenters. The van der Waals surface area contributed by atoms with Gasteiger partial charge in [-0.05, 0) is 37.6 Å². The molecule has 72 valence electrons. The second kappa shape index (κ2) is 3.74. The van der Waals surface area contributed by atoms with Gasteiger partial charge in [0.25, 0.3) is 0 Å². The van der Waals surface area contributed by atoms with Gasteiger partial charge in [-0.15, -0.1) is 0 Å². The number of hydrogen-bond donors (Lipinski definition) is 1. The molecule has 0 aliphatic rings. The number of hydrogen-bond acceptors (Lipinski definition) is 2. The van der Waals surface area contributed by atoms with Crippen molar-refractivity contribution in [3.8, 4) is 0 Å². The molecule has 4 heteroatoms. The lowest BCUT2D eigenvalue weighted by molar-refractivity contribution is -0.0238. The fourth-order valence-electron chi connectivity index (χ4n) is 0.969. The Morgan fingerprint density at radius 1 is 1.38 bits per heavy atom. The first kappa shape index (κ1) is 10.6. The minimum Gasteiger partial charge on any atom is -0.294 e. The van der Waals surface area contributed by atoms with E-state index in [1.54, 1.807) is 19.9 Å². The third kappa shape index (κ3) is 2.49. The molecule has 0 aliphatic carbocycles. The van der Waals surface area contributed by atoms with Gasteiger partial charge in [0.1, 0.15) is 11.4 Å². The zero-order valence-electron chi connectivity index (χ0n) is 7.47. The van der Waals surface area contributed by atoms with Crippen molar-refractivity contribution in [3.63, 3.8) is 0 Å². The van der Waals surface area contributed by atoms with Crippen LogP contribution in [0, 0.1) is 5.82 Å². The van der Waals surface area contributed by atoms with Crippen LogP contribution in [0.2, 0.25) is 0 Å². The van der Waals surface area contributed by atoms with Gasteiger partial charge in [0.05, 0.1) is 0 Å². The molecule has 0 amide bonds. The lowest BCUT2D eigenvalue weighted by atomic mass is 9.98. The Hall–Kier alpha value is -0.450. The van der Waals surface area contributed by atoms with Crippen LogP contribution >= 0.6 is 15.9 Å². The molecule has 0 fully saturated rings. The highest BCUT2D eigenvalue weighted by Gasteiger charge is 2.21. The summed E-state index contributed by atoms with van der Waals surface area (Å²) in [6.45, 7) is 3.54. The molecule has 0 saturated carbocycles. The van der Waals surface area contributed by atoms with E-state index >= 15 is 0 Å². The van der Waals surface area contributed by atoms with Crippen molar-refractivity contribution in [2.75, 3.05) is 0 Å². The lowest BCUT2D eigenvalue weighted by Gasteiger charge is -2.22. The predicted octanol–water partition coefficient (Wildman–Crippen LogP) is 2.71. The van der Waals surface area contributed by atoms with Crippen molar-refractivity contribution in [3.05, 3.63) is 34.1 Å². The van der Waals surface area contributed by atoms with Gasteiger partial charge in [0, 0.05) is 4.47 Å². The molecule has 1 aromatic rings. The van der Waals surface area contributed by atoms with Gasteiger partial charge in [0.15, 0.2) is 0 Å². The van der Waals surface area contributed by atoms with Crippen LogP contribution in [0.4, 0.5) is 4.39 Å². The molecule has 0 heterocycles. The van der Waals surface area contributed by atoms with Crippen LogP contribution in [0.25, 0.3) is 0 Å². The van der Waals surface area contributed by atoms with Gasteiger partial charge in [-0.3, -0.25) is 4.84 Å². The molecule has 0 atom stereocenters. The van der Waals surface area contributed by atoms with Crippen molar-refractivity contribution in [2.24, 2.45) is 5.90 Å². The topological polar surface area (TPSA) is 35.2 Å². The second-order valence-electron chi connectivity index (χ2n) is 3.29. The van der Waals surface area contributed by atoms with Gasteiger partial charge in [-0.2, -0.15) is 0 Å². The van der Waals surface area contributed by atoms with Crippen molar-refractivity contribution in [2.45, 2.75) is 19.4 Å². The fourth-order valence-corrected chi connectivity index (χ4v) is 1.43. The van der Waals surface area contributed by atoms with Gasteiger partial charge >= 0.3 is 0 Å². The average molecular weight is 248 g/mol. The van der Waals surface area contributed by atoms with Crippen molar-refractivity contribution in [1.29, 1.82) is 0 Å². The van der Waals surface area contributed by atoms with Crippen LogP contribution in [0.15, 0.2) is 22.7 Å². The number of benzene rings is 1. The Labute approximate surface area is 85.0 Å². The quantitative estimate of drug-likeness (QED) is 0.816. The summed E-state index contributed by atoms with van der Waals surface area (Å²) >= 11 is 3.20. The molecular formula is C9H11BrFNO.